The number of non-ortho nitro benzene ring substituents is 1. The molecule has 1 N–H and O–H groups in total. The topological polar surface area (TPSA) is 94.1 Å². The van der Waals surface area contributed by atoms with Crippen molar-refractivity contribution in [3.05, 3.63) is 22.2 Å². The van der Waals surface area contributed by atoms with Gasteiger partial charge in [-0.25, -0.2) is 4.63 Å². The van der Waals surface area contributed by atoms with E-state index in [0.29, 0.717) is 5.52 Å². The normalized spacial score (nSPS) is 33.3. The Labute approximate surface area is 132 Å². The molecule has 1 aromatic heterocycles. The molecule has 0 aliphatic heterocycles. The third-order valence-electron chi connectivity index (χ3n) is 6.40. The highest BCUT2D eigenvalue weighted by Gasteiger charge is 2.66. The fraction of sp³-hybridized carbons (Fsp3) is 0.625. The summed E-state index contributed by atoms with van der Waals surface area (Å²) < 4.78 is 4.68. The minimum absolute atomic E-state index is 0.0724. The van der Waals surface area contributed by atoms with E-state index in [0.717, 1.165) is 48.2 Å². The van der Waals surface area contributed by atoms with Gasteiger partial charge < -0.3 is 5.32 Å². The van der Waals surface area contributed by atoms with Crippen molar-refractivity contribution in [3.8, 4) is 0 Å². The van der Waals surface area contributed by atoms with Gasteiger partial charge in [0.1, 0.15) is 0 Å². The fourth-order valence-electron chi connectivity index (χ4n) is 5.27. The molecule has 1 aromatic carbocycles. The molecule has 3 aliphatic rings. The summed E-state index contributed by atoms with van der Waals surface area (Å²) in [7, 11) is 0. The Hall–Kier alpha value is -2.18. The van der Waals surface area contributed by atoms with Crippen LogP contribution in [0, 0.1) is 39.7 Å². The molecular weight excluding hydrogens is 296 g/mol. The second-order valence-electron chi connectivity index (χ2n) is 7.22. The predicted octanol–water partition coefficient (Wildman–Crippen LogP) is 3.23. The average molecular weight is 314 g/mol. The molecule has 120 valence electrons. The molecule has 7 heteroatoms. The standard InChI is InChI=1S/C16H18N4O3/c21-20(22)13-4-3-12(15-16(13)19-23-18-15)17-5-1-2-9-10-6-8-7-11(9)14(8)10/h3-4,8-11,14,17H,1-2,5-7H2. The number of fused-ring (bicyclic) bond motifs is 1. The zero-order valence-electron chi connectivity index (χ0n) is 12.6. The van der Waals surface area contributed by atoms with Gasteiger partial charge in [-0.1, -0.05) is 0 Å². The van der Waals surface area contributed by atoms with E-state index in [4.69, 9.17) is 0 Å². The minimum Gasteiger partial charge on any atom is -0.383 e. The van der Waals surface area contributed by atoms with Crippen LogP contribution in [0.3, 0.4) is 0 Å². The molecule has 2 atom stereocenters. The summed E-state index contributed by atoms with van der Waals surface area (Å²) in [6.45, 7) is 0.851. The third-order valence-corrected chi connectivity index (χ3v) is 6.40. The van der Waals surface area contributed by atoms with Crippen LogP contribution < -0.4 is 5.32 Å². The summed E-state index contributed by atoms with van der Waals surface area (Å²) in [4.78, 5) is 10.5. The van der Waals surface area contributed by atoms with E-state index in [9.17, 15) is 10.1 Å². The Morgan fingerprint density at radius 3 is 2.74 bits per heavy atom. The molecule has 0 amide bonds. The minimum atomic E-state index is -0.464. The van der Waals surface area contributed by atoms with Gasteiger partial charge in [-0.2, -0.15) is 0 Å². The molecule has 23 heavy (non-hydrogen) atoms. The Morgan fingerprint density at radius 2 is 2.04 bits per heavy atom. The maximum atomic E-state index is 11.0. The van der Waals surface area contributed by atoms with Crippen LogP contribution in [-0.2, 0) is 0 Å². The van der Waals surface area contributed by atoms with Crippen molar-refractivity contribution in [2.45, 2.75) is 25.7 Å². The van der Waals surface area contributed by atoms with Crippen LogP contribution in [0.5, 0.6) is 0 Å². The molecule has 3 fully saturated rings. The average Bonchev–Trinajstić information content (AvgIpc) is 3.01. The SMILES string of the molecule is O=[N+]([O-])c1ccc(NCCCC2C3CC4CC2C43)c2nonc12. The van der Waals surface area contributed by atoms with E-state index in [-0.39, 0.29) is 11.2 Å². The summed E-state index contributed by atoms with van der Waals surface area (Å²) in [6, 6.07) is 3.14. The number of nitro benzene ring substituents is 1. The van der Waals surface area contributed by atoms with Crippen molar-refractivity contribution >= 4 is 22.4 Å². The first-order chi connectivity index (χ1) is 11.2. The van der Waals surface area contributed by atoms with Crippen molar-refractivity contribution in [1.82, 2.24) is 10.3 Å². The van der Waals surface area contributed by atoms with Crippen molar-refractivity contribution < 1.29 is 9.55 Å². The molecule has 5 rings (SSSR count). The van der Waals surface area contributed by atoms with Crippen molar-refractivity contribution in [2.75, 3.05) is 11.9 Å². The molecule has 0 saturated heterocycles. The second-order valence-corrected chi connectivity index (χ2v) is 7.22. The van der Waals surface area contributed by atoms with Gasteiger partial charge in [-0.05, 0) is 71.7 Å². The monoisotopic (exact) mass is 314 g/mol. The summed E-state index contributed by atoms with van der Waals surface area (Å²) in [6.07, 6.45) is 5.37. The lowest BCUT2D eigenvalue weighted by molar-refractivity contribution is -0.383. The number of aromatic nitrogens is 2. The first-order valence-corrected chi connectivity index (χ1v) is 8.37. The first kappa shape index (κ1) is 13.3. The Morgan fingerprint density at radius 1 is 1.26 bits per heavy atom. The van der Waals surface area contributed by atoms with Gasteiger partial charge in [-0.3, -0.25) is 10.1 Å². The van der Waals surface area contributed by atoms with Crippen LogP contribution in [-0.4, -0.2) is 21.8 Å². The van der Waals surface area contributed by atoms with E-state index >= 15 is 0 Å². The van der Waals surface area contributed by atoms with E-state index in [1.807, 2.05) is 0 Å². The van der Waals surface area contributed by atoms with Gasteiger partial charge in [0.25, 0.3) is 0 Å². The van der Waals surface area contributed by atoms with Crippen LogP contribution in [0.4, 0.5) is 11.4 Å². The summed E-state index contributed by atoms with van der Waals surface area (Å²) in [5.74, 6) is 5.21. The summed E-state index contributed by atoms with van der Waals surface area (Å²) in [5.41, 5.74) is 1.32. The predicted molar refractivity (Wildman–Crippen MR) is 82.9 cm³/mol. The number of nitro groups is 1. The number of benzene rings is 1. The van der Waals surface area contributed by atoms with Crippen LogP contribution >= 0.6 is 0 Å². The van der Waals surface area contributed by atoms with Gasteiger partial charge in [-0.15, -0.1) is 0 Å². The van der Waals surface area contributed by atoms with Crippen molar-refractivity contribution in [3.63, 3.8) is 0 Å². The highest BCUT2D eigenvalue weighted by Crippen LogP contribution is 2.73. The molecule has 3 aliphatic carbocycles. The number of rotatable bonds is 6. The summed E-state index contributed by atoms with van der Waals surface area (Å²) >= 11 is 0. The van der Waals surface area contributed by atoms with Gasteiger partial charge >= 0.3 is 5.69 Å². The molecule has 7 nitrogen and oxygen atoms in total. The Balaban J connectivity index is 1.21. The third kappa shape index (κ3) is 1.76. The first-order valence-electron chi connectivity index (χ1n) is 8.37. The number of hydrogen-bond acceptors (Lipinski definition) is 6. The molecule has 0 radical (unpaired) electrons. The maximum Gasteiger partial charge on any atom is 0.300 e. The number of nitrogens with one attached hydrogen (secondary N) is 1. The van der Waals surface area contributed by atoms with Gasteiger partial charge in [0.2, 0.25) is 5.52 Å². The highest BCUT2D eigenvalue weighted by molar-refractivity contribution is 5.93. The van der Waals surface area contributed by atoms with E-state index in [2.05, 4.69) is 20.3 Å². The molecule has 3 saturated carbocycles. The van der Waals surface area contributed by atoms with Gasteiger partial charge in [0.15, 0.2) is 5.52 Å². The van der Waals surface area contributed by atoms with Crippen LogP contribution in [0.25, 0.3) is 11.0 Å². The molecule has 2 aromatic rings. The molecular formula is C16H18N4O3. The quantitative estimate of drug-likeness (QED) is 0.500. The fourth-order valence-corrected chi connectivity index (χ4v) is 5.27. The van der Waals surface area contributed by atoms with E-state index < -0.39 is 4.92 Å². The lowest BCUT2D eigenvalue weighted by Gasteiger charge is -2.73. The second kappa shape index (κ2) is 4.66. The zero-order valence-corrected chi connectivity index (χ0v) is 12.6. The van der Waals surface area contributed by atoms with Crippen molar-refractivity contribution in [1.29, 1.82) is 0 Å². The number of hydrogen-bond donors (Lipinski definition) is 1. The zero-order chi connectivity index (χ0) is 15.6. The lowest BCUT2D eigenvalue weighted by Crippen LogP contribution is -2.67. The molecule has 1 heterocycles. The van der Waals surface area contributed by atoms with E-state index in [1.54, 1.807) is 6.07 Å². The lowest BCUT2D eigenvalue weighted by atomic mass is 9.32. The Kier molecular flexibility index (Phi) is 2.69. The molecule has 0 spiro atoms. The number of anilines is 1. The highest BCUT2D eigenvalue weighted by atomic mass is 16.6. The van der Waals surface area contributed by atoms with Crippen LogP contribution in [0.1, 0.15) is 25.7 Å². The van der Waals surface area contributed by atoms with Crippen molar-refractivity contribution in [2.24, 2.45) is 29.6 Å². The smallest absolute Gasteiger partial charge is 0.300 e. The molecule has 2 unspecified atom stereocenters. The number of nitrogens with zero attached hydrogens (tertiary/aromatic N) is 3. The Bertz CT molecular complexity index is 775. The van der Waals surface area contributed by atoms with Crippen LogP contribution in [0.2, 0.25) is 0 Å². The molecule has 0 bridgehead atoms. The maximum absolute atomic E-state index is 11.0. The van der Waals surface area contributed by atoms with Gasteiger partial charge in [0, 0.05) is 12.6 Å². The summed E-state index contributed by atoms with van der Waals surface area (Å²) in [5, 5.41) is 21.8. The van der Waals surface area contributed by atoms with Crippen LogP contribution in [0.15, 0.2) is 16.8 Å². The van der Waals surface area contributed by atoms with Gasteiger partial charge in [0.05, 0.1) is 10.6 Å². The largest absolute Gasteiger partial charge is 0.383 e. The van der Waals surface area contributed by atoms with E-state index in [1.165, 1.54) is 25.3 Å².